The molecule has 3 rings (SSSR count). The molecule has 1 heterocycles. The minimum atomic E-state index is 0.0483. The van der Waals surface area contributed by atoms with Crippen molar-refractivity contribution in [1.82, 2.24) is 0 Å². The standard InChI is InChI=1S/C18H15NO/c1-19-16(12-10-14-6-2-4-8-17(14)19)13-11-15-7-3-5-9-18(15)20/h2-13H,1H3/b15-11+,16-13-. The molecule has 98 valence electrons. The van der Waals surface area contributed by atoms with E-state index in [-0.39, 0.29) is 5.78 Å². The highest BCUT2D eigenvalue weighted by Crippen LogP contribution is 2.29. The van der Waals surface area contributed by atoms with Crippen molar-refractivity contribution in [3.8, 4) is 0 Å². The lowest BCUT2D eigenvalue weighted by molar-refractivity contribution is -0.111. The molecule has 1 aromatic rings. The number of hydrogen-bond donors (Lipinski definition) is 0. The van der Waals surface area contributed by atoms with E-state index < -0.39 is 0 Å². The number of allylic oxidation sites excluding steroid dienone is 8. The average molecular weight is 261 g/mol. The molecule has 1 aromatic carbocycles. The average Bonchev–Trinajstić information content (AvgIpc) is 2.48. The second kappa shape index (κ2) is 5.17. The molecule has 0 saturated heterocycles. The fourth-order valence-electron chi connectivity index (χ4n) is 2.32. The Balaban J connectivity index is 1.92. The van der Waals surface area contributed by atoms with Crippen LogP contribution < -0.4 is 4.90 Å². The van der Waals surface area contributed by atoms with Gasteiger partial charge >= 0.3 is 0 Å². The zero-order valence-electron chi connectivity index (χ0n) is 11.3. The molecule has 0 amide bonds. The Morgan fingerprint density at radius 1 is 0.950 bits per heavy atom. The van der Waals surface area contributed by atoms with E-state index in [2.05, 4.69) is 29.2 Å². The number of anilines is 1. The molecule has 20 heavy (non-hydrogen) atoms. The van der Waals surface area contributed by atoms with Crippen LogP contribution in [0.15, 0.2) is 78.1 Å². The molecular weight excluding hydrogens is 246 g/mol. The first-order valence-electron chi connectivity index (χ1n) is 6.57. The first-order chi connectivity index (χ1) is 9.75. The maximum absolute atomic E-state index is 11.7. The molecule has 0 bridgehead atoms. The van der Waals surface area contributed by atoms with Gasteiger partial charge in [-0.1, -0.05) is 42.5 Å². The fraction of sp³-hybridized carbons (Fsp3) is 0.0556. The number of para-hydroxylation sites is 1. The predicted molar refractivity (Wildman–Crippen MR) is 83.3 cm³/mol. The van der Waals surface area contributed by atoms with Crippen LogP contribution in [0.2, 0.25) is 0 Å². The van der Waals surface area contributed by atoms with E-state index in [1.54, 1.807) is 12.2 Å². The highest BCUT2D eigenvalue weighted by atomic mass is 16.1. The highest BCUT2D eigenvalue weighted by Gasteiger charge is 2.12. The summed E-state index contributed by atoms with van der Waals surface area (Å²) in [5.41, 5.74) is 4.15. The van der Waals surface area contributed by atoms with Crippen LogP contribution in [0.25, 0.3) is 6.08 Å². The van der Waals surface area contributed by atoms with Crippen LogP contribution >= 0.6 is 0 Å². The van der Waals surface area contributed by atoms with Gasteiger partial charge in [-0.2, -0.15) is 0 Å². The van der Waals surface area contributed by atoms with Gasteiger partial charge < -0.3 is 4.90 Å². The van der Waals surface area contributed by atoms with E-state index in [0.29, 0.717) is 5.57 Å². The Labute approximate surface area is 118 Å². The molecule has 0 spiro atoms. The zero-order chi connectivity index (χ0) is 13.9. The van der Waals surface area contributed by atoms with Gasteiger partial charge in [0.25, 0.3) is 0 Å². The van der Waals surface area contributed by atoms with E-state index in [1.165, 1.54) is 11.3 Å². The van der Waals surface area contributed by atoms with Gasteiger partial charge in [0, 0.05) is 24.0 Å². The van der Waals surface area contributed by atoms with Gasteiger partial charge in [0.1, 0.15) is 0 Å². The molecule has 0 saturated carbocycles. The van der Waals surface area contributed by atoms with Crippen molar-refractivity contribution in [2.75, 3.05) is 11.9 Å². The molecule has 0 N–H and O–H groups in total. The van der Waals surface area contributed by atoms with Crippen LogP contribution in [0.5, 0.6) is 0 Å². The highest BCUT2D eigenvalue weighted by molar-refractivity contribution is 6.07. The molecule has 0 unspecified atom stereocenters. The normalized spacial score (nSPS) is 20.9. The summed E-state index contributed by atoms with van der Waals surface area (Å²) in [6.45, 7) is 0. The van der Waals surface area contributed by atoms with Gasteiger partial charge in [0.2, 0.25) is 0 Å². The number of nitrogens with zero attached hydrogens (tertiary/aromatic N) is 1. The summed E-state index contributed by atoms with van der Waals surface area (Å²) >= 11 is 0. The minimum absolute atomic E-state index is 0.0483. The number of carbonyl (C=O) groups is 1. The quantitative estimate of drug-likeness (QED) is 0.719. The van der Waals surface area contributed by atoms with Gasteiger partial charge in [-0.05, 0) is 35.9 Å². The Morgan fingerprint density at radius 3 is 2.60 bits per heavy atom. The molecule has 0 fully saturated rings. The molecule has 1 aliphatic heterocycles. The minimum Gasteiger partial charge on any atom is -0.344 e. The number of carbonyl (C=O) groups excluding carboxylic acids is 1. The van der Waals surface area contributed by atoms with Gasteiger partial charge in [-0.3, -0.25) is 4.79 Å². The summed E-state index contributed by atoms with van der Waals surface area (Å²) in [5, 5.41) is 0. The van der Waals surface area contributed by atoms with Crippen LogP contribution in [0.3, 0.4) is 0 Å². The Kier molecular flexibility index (Phi) is 3.21. The fourth-order valence-corrected chi connectivity index (χ4v) is 2.32. The summed E-state index contributed by atoms with van der Waals surface area (Å²) in [6, 6.07) is 8.25. The van der Waals surface area contributed by atoms with Crippen LogP contribution in [-0.4, -0.2) is 12.8 Å². The summed E-state index contributed by atoms with van der Waals surface area (Å²) < 4.78 is 0. The Hall–Kier alpha value is -2.61. The second-order valence-electron chi connectivity index (χ2n) is 4.75. The van der Waals surface area contributed by atoms with Crippen molar-refractivity contribution in [2.45, 2.75) is 0 Å². The molecule has 0 aromatic heterocycles. The summed E-state index contributed by atoms with van der Waals surface area (Å²) in [7, 11) is 2.03. The van der Waals surface area contributed by atoms with E-state index in [4.69, 9.17) is 0 Å². The molecule has 2 aliphatic rings. The monoisotopic (exact) mass is 261 g/mol. The van der Waals surface area contributed by atoms with Crippen molar-refractivity contribution < 1.29 is 4.79 Å². The van der Waals surface area contributed by atoms with Crippen molar-refractivity contribution in [2.24, 2.45) is 0 Å². The smallest absolute Gasteiger partial charge is 0.185 e. The van der Waals surface area contributed by atoms with Gasteiger partial charge in [-0.25, -0.2) is 0 Å². The summed E-state index contributed by atoms with van der Waals surface area (Å²) in [6.07, 6.45) is 15.1. The third-order valence-corrected chi connectivity index (χ3v) is 3.47. The van der Waals surface area contributed by atoms with E-state index >= 15 is 0 Å². The first kappa shape index (κ1) is 12.4. The summed E-state index contributed by atoms with van der Waals surface area (Å²) in [5.74, 6) is 0.0483. The van der Waals surface area contributed by atoms with Gasteiger partial charge in [0.15, 0.2) is 5.78 Å². The lowest BCUT2D eigenvalue weighted by Crippen LogP contribution is -2.18. The van der Waals surface area contributed by atoms with E-state index in [0.717, 1.165) is 5.70 Å². The van der Waals surface area contributed by atoms with Gasteiger partial charge in [-0.15, -0.1) is 0 Å². The largest absolute Gasteiger partial charge is 0.344 e. The van der Waals surface area contributed by atoms with Crippen LogP contribution in [0, 0.1) is 0 Å². The topological polar surface area (TPSA) is 20.3 Å². The molecule has 0 radical (unpaired) electrons. The Bertz CT molecular complexity index is 702. The molecule has 2 nitrogen and oxygen atoms in total. The molecule has 0 atom stereocenters. The SMILES string of the molecule is CN1/C(=C\C=C2/C=CC=CC2=O)C=Cc2ccccc21. The van der Waals surface area contributed by atoms with Crippen LogP contribution in [0.1, 0.15) is 5.56 Å². The third kappa shape index (κ3) is 2.28. The zero-order valence-corrected chi connectivity index (χ0v) is 11.3. The molecular formula is C18H15NO. The maximum atomic E-state index is 11.7. The van der Waals surface area contributed by atoms with Crippen molar-refractivity contribution in [3.05, 3.63) is 83.6 Å². The van der Waals surface area contributed by atoms with Crippen molar-refractivity contribution in [3.63, 3.8) is 0 Å². The van der Waals surface area contributed by atoms with Crippen molar-refractivity contribution in [1.29, 1.82) is 0 Å². The van der Waals surface area contributed by atoms with Crippen LogP contribution in [0.4, 0.5) is 5.69 Å². The van der Waals surface area contributed by atoms with Crippen LogP contribution in [-0.2, 0) is 4.79 Å². The number of fused-ring (bicyclic) bond motifs is 1. The predicted octanol–water partition coefficient (Wildman–Crippen LogP) is 3.66. The molecule has 1 aliphatic carbocycles. The number of ketones is 1. The second-order valence-corrected chi connectivity index (χ2v) is 4.75. The number of rotatable bonds is 1. The van der Waals surface area contributed by atoms with Gasteiger partial charge in [0.05, 0.1) is 0 Å². The number of hydrogen-bond acceptors (Lipinski definition) is 2. The lowest BCUT2D eigenvalue weighted by Gasteiger charge is -2.26. The lowest BCUT2D eigenvalue weighted by atomic mass is 10.0. The van der Waals surface area contributed by atoms with E-state index in [9.17, 15) is 4.79 Å². The number of likely N-dealkylation sites (N-methyl/N-ethyl adjacent to an activating group) is 1. The van der Waals surface area contributed by atoms with E-state index in [1.807, 2.05) is 43.5 Å². The van der Waals surface area contributed by atoms with Crippen molar-refractivity contribution >= 4 is 17.5 Å². The summed E-state index contributed by atoms with van der Waals surface area (Å²) in [4.78, 5) is 13.8. The molecule has 2 heteroatoms. The first-order valence-corrected chi connectivity index (χ1v) is 6.57. The third-order valence-electron chi connectivity index (χ3n) is 3.47. The Morgan fingerprint density at radius 2 is 1.75 bits per heavy atom. The maximum Gasteiger partial charge on any atom is 0.185 e. The number of benzene rings is 1.